The molecule has 142 valence electrons. The molecule has 2 aromatic rings. The van der Waals surface area contributed by atoms with Crippen LogP contribution in [0.1, 0.15) is 40.2 Å². The van der Waals surface area contributed by atoms with Crippen molar-refractivity contribution < 1.29 is 14.7 Å². The molecule has 6 nitrogen and oxygen atoms in total. The second kappa shape index (κ2) is 8.77. The summed E-state index contributed by atoms with van der Waals surface area (Å²) in [5.74, 6) is -1.68. The highest BCUT2D eigenvalue weighted by atomic mass is 16.4. The summed E-state index contributed by atoms with van der Waals surface area (Å²) in [7, 11) is 1.87. The third-order valence-electron chi connectivity index (χ3n) is 5.12. The zero-order valence-electron chi connectivity index (χ0n) is 15.5. The topological polar surface area (TPSA) is 82.5 Å². The Balaban J connectivity index is 1.92. The summed E-state index contributed by atoms with van der Waals surface area (Å²) in [5.41, 5.74) is 2.17. The van der Waals surface area contributed by atoms with E-state index in [2.05, 4.69) is 10.3 Å². The molecule has 0 fully saturated rings. The molecule has 1 amide bonds. The second-order valence-corrected chi connectivity index (χ2v) is 6.83. The fourth-order valence-corrected chi connectivity index (χ4v) is 3.83. The monoisotopic (exact) mass is 367 g/mol. The number of carboxylic acids is 1. The summed E-state index contributed by atoms with van der Waals surface area (Å²) in [6.45, 7) is 1.31. The lowest BCUT2D eigenvalue weighted by Crippen LogP contribution is -2.51. The zero-order chi connectivity index (χ0) is 19.2. The smallest absolute Gasteiger partial charge is 0.313 e. The first-order chi connectivity index (χ1) is 13.1. The van der Waals surface area contributed by atoms with Gasteiger partial charge >= 0.3 is 5.97 Å². The SMILES string of the molecule is CNCCCN1C(=O)c2ccccc2C(C(=O)O)C1CCc1cccnc1. The van der Waals surface area contributed by atoms with E-state index in [1.54, 1.807) is 41.6 Å². The maximum absolute atomic E-state index is 13.1. The summed E-state index contributed by atoms with van der Waals surface area (Å²) in [6, 6.07) is 10.6. The maximum Gasteiger partial charge on any atom is 0.313 e. The highest BCUT2D eigenvalue weighted by molar-refractivity contribution is 6.00. The highest BCUT2D eigenvalue weighted by Crippen LogP contribution is 2.36. The van der Waals surface area contributed by atoms with Crippen LogP contribution in [0, 0.1) is 0 Å². The first kappa shape index (κ1) is 19.0. The van der Waals surface area contributed by atoms with Crippen LogP contribution in [0.2, 0.25) is 0 Å². The van der Waals surface area contributed by atoms with Gasteiger partial charge in [0.05, 0.1) is 0 Å². The van der Waals surface area contributed by atoms with E-state index >= 15 is 0 Å². The van der Waals surface area contributed by atoms with E-state index in [-0.39, 0.29) is 11.9 Å². The maximum atomic E-state index is 13.1. The standard InChI is InChI=1S/C21H25N3O3/c1-22-11-5-13-24-18(10-9-15-6-4-12-23-14-15)19(21(26)27)16-7-2-3-8-17(16)20(24)25/h2-4,6-8,12,14,18-19,22H,5,9-11,13H2,1H3,(H,26,27). The molecule has 27 heavy (non-hydrogen) atoms. The lowest BCUT2D eigenvalue weighted by molar-refractivity contribution is -0.140. The van der Waals surface area contributed by atoms with Gasteiger partial charge in [-0.05, 0) is 56.1 Å². The molecule has 0 radical (unpaired) electrons. The number of nitrogens with one attached hydrogen (secondary N) is 1. The minimum Gasteiger partial charge on any atom is -0.481 e. The number of hydrogen-bond donors (Lipinski definition) is 2. The molecule has 2 N–H and O–H groups in total. The molecule has 2 atom stereocenters. The fourth-order valence-electron chi connectivity index (χ4n) is 3.83. The molecule has 3 rings (SSSR count). The molecule has 0 spiro atoms. The second-order valence-electron chi connectivity index (χ2n) is 6.83. The van der Waals surface area contributed by atoms with E-state index in [1.165, 1.54) is 0 Å². The van der Waals surface area contributed by atoms with Crippen LogP contribution in [0.15, 0.2) is 48.8 Å². The van der Waals surface area contributed by atoms with Crippen LogP contribution < -0.4 is 5.32 Å². The van der Waals surface area contributed by atoms with Gasteiger partial charge in [0.1, 0.15) is 5.92 Å². The highest BCUT2D eigenvalue weighted by Gasteiger charge is 2.42. The van der Waals surface area contributed by atoms with Crippen molar-refractivity contribution in [1.29, 1.82) is 0 Å². The molecule has 6 heteroatoms. The van der Waals surface area contributed by atoms with Crippen LogP contribution >= 0.6 is 0 Å². The lowest BCUT2D eigenvalue weighted by Gasteiger charge is -2.40. The van der Waals surface area contributed by atoms with Crippen molar-refractivity contribution in [2.24, 2.45) is 0 Å². The van der Waals surface area contributed by atoms with Crippen molar-refractivity contribution in [1.82, 2.24) is 15.2 Å². The van der Waals surface area contributed by atoms with E-state index in [0.717, 1.165) is 18.5 Å². The normalized spacial score (nSPS) is 19.0. The van der Waals surface area contributed by atoms with Crippen LogP contribution in [0.5, 0.6) is 0 Å². The van der Waals surface area contributed by atoms with Crippen molar-refractivity contribution in [2.75, 3.05) is 20.1 Å². The minimum absolute atomic E-state index is 0.0737. The van der Waals surface area contributed by atoms with E-state index in [0.29, 0.717) is 30.5 Å². The molecule has 0 aliphatic carbocycles. The first-order valence-electron chi connectivity index (χ1n) is 9.29. The van der Waals surface area contributed by atoms with E-state index in [9.17, 15) is 14.7 Å². The molecule has 2 heterocycles. The first-order valence-corrected chi connectivity index (χ1v) is 9.29. The van der Waals surface area contributed by atoms with Crippen LogP contribution in [-0.2, 0) is 11.2 Å². The third kappa shape index (κ3) is 4.17. The van der Waals surface area contributed by atoms with Crippen molar-refractivity contribution in [3.63, 3.8) is 0 Å². The van der Waals surface area contributed by atoms with E-state index < -0.39 is 11.9 Å². The number of nitrogens with zero attached hydrogens (tertiary/aromatic N) is 2. The van der Waals surface area contributed by atoms with Gasteiger partial charge in [0.25, 0.3) is 5.91 Å². The number of amides is 1. The molecule has 0 saturated heterocycles. The Labute approximate surface area is 159 Å². The molecule has 0 bridgehead atoms. The molecule has 1 aromatic heterocycles. The number of rotatable bonds is 8. The molecule has 0 saturated carbocycles. The number of aliphatic carboxylic acids is 1. The van der Waals surface area contributed by atoms with Gasteiger partial charge in [-0.25, -0.2) is 0 Å². The number of carboxylic acid groups (broad SMARTS) is 1. The van der Waals surface area contributed by atoms with Crippen LogP contribution in [0.25, 0.3) is 0 Å². The summed E-state index contributed by atoms with van der Waals surface area (Å²) in [6.07, 6.45) is 5.55. The predicted molar refractivity (Wildman–Crippen MR) is 103 cm³/mol. The van der Waals surface area contributed by atoms with Crippen molar-refractivity contribution in [3.05, 3.63) is 65.5 Å². The van der Waals surface area contributed by atoms with Crippen LogP contribution in [0.4, 0.5) is 0 Å². The molecule has 1 aliphatic rings. The molecular formula is C21H25N3O3. The number of aryl methyl sites for hydroxylation is 1. The van der Waals surface area contributed by atoms with Gasteiger partial charge in [0, 0.05) is 30.5 Å². The largest absolute Gasteiger partial charge is 0.481 e. The van der Waals surface area contributed by atoms with Gasteiger partial charge in [-0.15, -0.1) is 0 Å². The van der Waals surface area contributed by atoms with Gasteiger partial charge in [-0.2, -0.15) is 0 Å². The third-order valence-corrected chi connectivity index (χ3v) is 5.12. The molecular weight excluding hydrogens is 342 g/mol. The van der Waals surface area contributed by atoms with Crippen molar-refractivity contribution in [3.8, 4) is 0 Å². The van der Waals surface area contributed by atoms with Gasteiger partial charge in [0.15, 0.2) is 0 Å². The number of hydrogen-bond acceptors (Lipinski definition) is 4. The van der Waals surface area contributed by atoms with E-state index in [1.807, 2.05) is 19.2 Å². The molecule has 1 aromatic carbocycles. The van der Waals surface area contributed by atoms with Crippen molar-refractivity contribution >= 4 is 11.9 Å². The summed E-state index contributed by atoms with van der Waals surface area (Å²) < 4.78 is 0. The Bertz CT molecular complexity index is 794. The van der Waals surface area contributed by atoms with Gasteiger partial charge in [-0.1, -0.05) is 24.3 Å². The Morgan fingerprint density at radius 2 is 2.07 bits per heavy atom. The number of carbonyl (C=O) groups is 2. The minimum atomic E-state index is -0.884. The number of carbonyl (C=O) groups excluding carboxylic acids is 1. The number of aromatic nitrogens is 1. The van der Waals surface area contributed by atoms with Gasteiger partial charge in [0.2, 0.25) is 0 Å². The average Bonchev–Trinajstić information content (AvgIpc) is 2.69. The molecule has 1 aliphatic heterocycles. The Morgan fingerprint density at radius 3 is 2.78 bits per heavy atom. The number of fused-ring (bicyclic) bond motifs is 1. The average molecular weight is 367 g/mol. The summed E-state index contributed by atoms with van der Waals surface area (Å²) in [5, 5.41) is 13.1. The summed E-state index contributed by atoms with van der Waals surface area (Å²) >= 11 is 0. The zero-order valence-corrected chi connectivity index (χ0v) is 15.5. The Kier molecular flexibility index (Phi) is 6.19. The van der Waals surface area contributed by atoms with Crippen molar-refractivity contribution in [2.45, 2.75) is 31.2 Å². The predicted octanol–water partition coefficient (Wildman–Crippen LogP) is 2.32. The summed E-state index contributed by atoms with van der Waals surface area (Å²) in [4.78, 5) is 31.1. The molecule has 2 unspecified atom stereocenters. The van der Waals surface area contributed by atoms with Gasteiger partial charge < -0.3 is 15.3 Å². The number of pyridine rings is 1. The quantitative estimate of drug-likeness (QED) is 0.700. The van der Waals surface area contributed by atoms with Crippen LogP contribution in [-0.4, -0.2) is 53.0 Å². The Hall–Kier alpha value is -2.73. The van der Waals surface area contributed by atoms with Crippen LogP contribution in [0.3, 0.4) is 0 Å². The van der Waals surface area contributed by atoms with E-state index in [4.69, 9.17) is 0 Å². The Morgan fingerprint density at radius 1 is 1.26 bits per heavy atom. The lowest BCUT2D eigenvalue weighted by atomic mass is 9.80. The van der Waals surface area contributed by atoms with Gasteiger partial charge in [-0.3, -0.25) is 14.6 Å². The number of benzene rings is 1. The fraction of sp³-hybridized carbons (Fsp3) is 0.381.